The predicted molar refractivity (Wildman–Crippen MR) is 86.9 cm³/mol. The molecule has 6 heteroatoms. The molecule has 0 fully saturated rings. The summed E-state index contributed by atoms with van der Waals surface area (Å²) < 4.78 is 10.2. The molecule has 6 nitrogen and oxygen atoms in total. The zero-order valence-electron chi connectivity index (χ0n) is 12.8. The average molecular weight is 312 g/mol. The summed E-state index contributed by atoms with van der Waals surface area (Å²) in [5.74, 6) is -0.0226. The fraction of sp³-hybridized carbons (Fsp3) is 0.176. The highest BCUT2D eigenvalue weighted by Crippen LogP contribution is 2.24. The minimum Gasteiger partial charge on any atom is -0.497 e. The Morgan fingerprint density at radius 2 is 2.09 bits per heavy atom. The van der Waals surface area contributed by atoms with E-state index in [4.69, 9.17) is 9.47 Å². The first-order chi connectivity index (χ1) is 11.2. The summed E-state index contributed by atoms with van der Waals surface area (Å²) in [6.45, 7) is 1.90. The van der Waals surface area contributed by atoms with Crippen molar-refractivity contribution in [1.82, 2.24) is 9.97 Å². The lowest BCUT2D eigenvalue weighted by atomic mass is 10.1. The summed E-state index contributed by atoms with van der Waals surface area (Å²) in [7, 11) is 1.55. The van der Waals surface area contributed by atoms with E-state index in [0.717, 1.165) is 0 Å². The number of benzene rings is 1. The largest absolute Gasteiger partial charge is 0.497 e. The molecule has 0 saturated carbocycles. The summed E-state index contributed by atoms with van der Waals surface area (Å²) in [6.07, 6.45) is 1.72. The topological polar surface area (TPSA) is 84.2 Å². The Morgan fingerprint density at radius 1 is 1.26 bits per heavy atom. The number of carbonyl (C=O) groups excluding carboxylic acids is 1. The Hall–Kier alpha value is -3.02. The van der Waals surface area contributed by atoms with Crippen molar-refractivity contribution < 1.29 is 14.3 Å². The van der Waals surface area contributed by atoms with Gasteiger partial charge in [0.2, 0.25) is 5.43 Å². The standard InChI is InChI=1S/C17H16N2O4/c1-3-23-17(21)14-15(12-5-4-8-18-12)19-13-9-10(22-2)6-7-11(13)16(14)20/h4-9,18H,3H2,1-2H3,(H,19,20). The van der Waals surface area contributed by atoms with Crippen LogP contribution in [0.25, 0.3) is 22.3 Å². The molecule has 0 bridgehead atoms. The Labute approximate surface area is 132 Å². The van der Waals surface area contributed by atoms with Crippen molar-refractivity contribution in [3.05, 3.63) is 52.3 Å². The van der Waals surface area contributed by atoms with E-state index in [2.05, 4.69) is 9.97 Å². The van der Waals surface area contributed by atoms with Gasteiger partial charge in [-0.2, -0.15) is 0 Å². The molecule has 0 saturated heterocycles. The number of carbonyl (C=O) groups is 1. The summed E-state index contributed by atoms with van der Waals surface area (Å²) in [5, 5.41) is 0.407. The zero-order valence-corrected chi connectivity index (χ0v) is 12.8. The van der Waals surface area contributed by atoms with E-state index >= 15 is 0 Å². The third kappa shape index (κ3) is 2.59. The molecular formula is C17H16N2O4. The maximum atomic E-state index is 12.8. The van der Waals surface area contributed by atoms with Gasteiger partial charge in [0.05, 0.1) is 30.6 Å². The predicted octanol–water partition coefficient (Wildman–Crippen LogP) is 2.71. The fourth-order valence-electron chi connectivity index (χ4n) is 2.48. The molecule has 0 radical (unpaired) electrons. The highest BCUT2D eigenvalue weighted by molar-refractivity contribution is 6.00. The third-order valence-corrected chi connectivity index (χ3v) is 3.55. The minimum atomic E-state index is -0.643. The van der Waals surface area contributed by atoms with E-state index in [1.54, 1.807) is 50.6 Å². The van der Waals surface area contributed by atoms with E-state index in [9.17, 15) is 9.59 Å². The molecule has 1 aromatic carbocycles. The van der Waals surface area contributed by atoms with Crippen LogP contribution in [-0.4, -0.2) is 29.7 Å². The van der Waals surface area contributed by atoms with Crippen LogP contribution in [-0.2, 0) is 4.74 Å². The number of hydrogen-bond acceptors (Lipinski definition) is 4. The number of fused-ring (bicyclic) bond motifs is 1. The Morgan fingerprint density at radius 3 is 2.74 bits per heavy atom. The van der Waals surface area contributed by atoms with Crippen molar-refractivity contribution in [2.45, 2.75) is 6.92 Å². The van der Waals surface area contributed by atoms with Crippen LogP contribution < -0.4 is 10.2 Å². The van der Waals surface area contributed by atoms with Crippen LogP contribution in [0.2, 0.25) is 0 Å². The first-order valence-corrected chi connectivity index (χ1v) is 7.20. The molecular weight excluding hydrogens is 296 g/mol. The quantitative estimate of drug-likeness (QED) is 0.725. The first kappa shape index (κ1) is 14.9. The maximum absolute atomic E-state index is 12.8. The van der Waals surface area contributed by atoms with Crippen molar-refractivity contribution in [2.75, 3.05) is 13.7 Å². The molecule has 3 rings (SSSR count). The lowest BCUT2D eigenvalue weighted by Gasteiger charge is -2.10. The number of nitrogens with one attached hydrogen (secondary N) is 2. The molecule has 0 atom stereocenters. The molecule has 0 amide bonds. The van der Waals surface area contributed by atoms with Crippen molar-refractivity contribution in [3.63, 3.8) is 0 Å². The minimum absolute atomic E-state index is 0.00744. The molecule has 2 N–H and O–H groups in total. The van der Waals surface area contributed by atoms with E-state index in [1.807, 2.05) is 0 Å². The van der Waals surface area contributed by atoms with Gasteiger partial charge in [0.25, 0.3) is 0 Å². The number of aromatic amines is 2. The Kier molecular flexibility index (Phi) is 3.89. The molecule has 0 spiro atoms. The zero-order chi connectivity index (χ0) is 16.4. The second-order valence-corrected chi connectivity index (χ2v) is 4.92. The lowest BCUT2D eigenvalue weighted by molar-refractivity contribution is 0.0525. The first-order valence-electron chi connectivity index (χ1n) is 7.20. The van der Waals surface area contributed by atoms with E-state index in [-0.39, 0.29) is 17.6 Å². The van der Waals surface area contributed by atoms with Gasteiger partial charge in [-0.1, -0.05) is 0 Å². The monoisotopic (exact) mass is 312 g/mol. The smallest absolute Gasteiger partial charge is 0.344 e. The highest BCUT2D eigenvalue weighted by atomic mass is 16.5. The molecule has 118 valence electrons. The molecule has 0 aliphatic carbocycles. The van der Waals surface area contributed by atoms with Crippen LogP contribution in [0.4, 0.5) is 0 Å². The lowest BCUT2D eigenvalue weighted by Crippen LogP contribution is -2.20. The van der Waals surface area contributed by atoms with Gasteiger partial charge >= 0.3 is 5.97 Å². The summed E-state index contributed by atoms with van der Waals surface area (Å²) >= 11 is 0. The SMILES string of the molecule is CCOC(=O)c1c(-c2ccc[nH]2)[nH]c2cc(OC)ccc2c1=O. The highest BCUT2D eigenvalue weighted by Gasteiger charge is 2.21. The van der Waals surface area contributed by atoms with Crippen LogP contribution in [0, 0.1) is 0 Å². The molecule has 2 aromatic heterocycles. The van der Waals surface area contributed by atoms with Gasteiger partial charge in [-0.25, -0.2) is 4.79 Å². The van der Waals surface area contributed by atoms with Crippen LogP contribution >= 0.6 is 0 Å². The molecule has 3 aromatic rings. The fourth-order valence-corrected chi connectivity index (χ4v) is 2.48. The van der Waals surface area contributed by atoms with Gasteiger partial charge < -0.3 is 19.4 Å². The Bertz CT molecular complexity index is 910. The van der Waals surface area contributed by atoms with Crippen molar-refractivity contribution >= 4 is 16.9 Å². The van der Waals surface area contributed by atoms with Gasteiger partial charge in [-0.05, 0) is 31.2 Å². The Balaban J connectivity index is 2.34. The van der Waals surface area contributed by atoms with Crippen molar-refractivity contribution in [2.24, 2.45) is 0 Å². The molecule has 2 heterocycles. The number of esters is 1. The van der Waals surface area contributed by atoms with Crippen LogP contribution in [0.1, 0.15) is 17.3 Å². The molecule has 23 heavy (non-hydrogen) atoms. The van der Waals surface area contributed by atoms with Gasteiger partial charge in [0.15, 0.2) is 0 Å². The number of ether oxygens (including phenoxy) is 2. The summed E-state index contributed by atoms with van der Waals surface area (Å²) in [4.78, 5) is 31.2. The average Bonchev–Trinajstić information content (AvgIpc) is 3.08. The second-order valence-electron chi connectivity index (χ2n) is 4.92. The van der Waals surface area contributed by atoms with Crippen LogP contribution in [0.3, 0.4) is 0 Å². The van der Waals surface area contributed by atoms with Crippen molar-refractivity contribution in [3.8, 4) is 17.1 Å². The number of H-pyrrole nitrogens is 2. The van der Waals surface area contributed by atoms with Gasteiger partial charge in [-0.15, -0.1) is 0 Å². The number of pyridine rings is 1. The summed E-state index contributed by atoms with van der Waals surface area (Å²) in [6, 6.07) is 8.60. The third-order valence-electron chi connectivity index (χ3n) is 3.55. The number of methoxy groups -OCH3 is 1. The second kappa shape index (κ2) is 6.00. The molecule has 0 aliphatic rings. The van der Waals surface area contributed by atoms with E-state index < -0.39 is 5.97 Å². The molecule has 0 unspecified atom stereocenters. The van der Waals surface area contributed by atoms with Gasteiger partial charge in [0.1, 0.15) is 11.3 Å². The van der Waals surface area contributed by atoms with Gasteiger partial charge in [0, 0.05) is 17.6 Å². The molecule has 0 aliphatic heterocycles. The maximum Gasteiger partial charge on any atom is 0.344 e. The number of aromatic nitrogens is 2. The summed E-state index contributed by atoms with van der Waals surface area (Å²) in [5.41, 5.74) is 1.25. The van der Waals surface area contributed by atoms with E-state index in [1.165, 1.54) is 0 Å². The van der Waals surface area contributed by atoms with E-state index in [0.29, 0.717) is 28.0 Å². The van der Waals surface area contributed by atoms with Crippen LogP contribution in [0.15, 0.2) is 41.3 Å². The normalized spacial score (nSPS) is 10.7. The van der Waals surface area contributed by atoms with Gasteiger partial charge in [-0.3, -0.25) is 4.79 Å². The number of rotatable bonds is 4. The van der Waals surface area contributed by atoms with Crippen LogP contribution in [0.5, 0.6) is 5.75 Å². The van der Waals surface area contributed by atoms with Crippen molar-refractivity contribution in [1.29, 1.82) is 0 Å². The number of hydrogen-bond donors (Lipinski definition) is 2.